The van der Waals surface area contributed by atoms with Crippen LogP contribution in [0.4, 0.5) is 0 Å². The lowest BCUT2D eigenvalue weighted by Gasteiger charge is -2.44. The molecule has 7 heteroatoms. The lowest BCUT2D eigenvalue weighted by molar-refractivity contribution is -0.00659. The molecule has 1 fully saturated rings. The molecule has 0 radical (unpaired) electrons. The van der Waals surface area contributed by atoms with Gasteiger partial charge in [-0.25, -0.2) is 0 Å². The van der Waals surface area contributed by atoms with E-state index in [0.717, 1.165) is 35.5 Å². The lowest BCUT2D eigenvalue weighted by atomic mass is 9.87. The Balaban J connectivity index is 1.35. The fourth-order valence-electron chi connectivity index (χ4n) is 5.65. The molecule has 2 aliphatic rings. The molecule has 1 N–H and O–H groups in total. The summed E-state index contributed by atoms with van der Waals surface area (Å²) >= 11 is 0. The zero-order chi connectivity index (χ0) is 25.2. The molecule has 1 saturated heterocycles. The van der Waals surface area contributed by atoms with Crippen LogP contribution >= 0.6 is 0 Å². The average molecular weight is 485 g/mol. The number of imide groups is 1. The molecule has 0 bridgehead atoms. The number of aliphatic hydroxyl groups excluding tert-OH is 1. The number of amides is 2. The number of carbonyl (C=O) groups is 2. The molecule has 7 nitrogen and oxygen atoms in total. The number of unbranched alkanes of at least 4 members (excludes halogenated alkanes) is 1. The molecule has 36 heavy (non-hydrogen) atoms. The Morgan fingerprint density at radius 3 is 1.78 bits per heavy atom. The van der Waals surface area contributed by atoms with Crippen LogP contribution in [0, 0.1) is 13.8 Å². The first kappa shape index (κ1) is 24.3. The standard InChI is InChI=1S/C29H32N4O3/c1-19-9-7-13-30-26(19)24-17-21(34)18-25(27-20(2)10-8-14-31-27)32(24)15-5-6-16-33-28(35)22-11-3-4-12-23(22)29(33)36/h3-4,7-14,21,24-25,34H,5-6,15-18H2,1-2H3/t21?,24-,25+. The second-order valence-corrected chi connectivity index (χ2v) is 9.82. The van der Waals surface area contributed by atoms with Crippen LogP contribution in [0.3, 0.4) is 0 Å². The number of pyridine rings is 2. The first-order chi connectivity index (χ1) is 17.5. The highest BCUT2D eigenvalue weighted by atomic mass is 16.3. The van der Waals surface area contributed by atoms with Gasteiger partial charge in [-0.3, -0.25) is 29.4 Å². The number of carbonyl (C=O) groups excluding carboxylic acids is 2. The Hall–Kier alpha value is -3.42. The van der Waals surface area contributed by atoms with Crippen molar-refractivity contribution in [1.29, 1.82) is 0 Å². The minimum atomic E-state index is -0.447. The van der Waals surface area contributed by atoms with E-state index in [9.17, 15) is 14.7 Å². The molecule has 1 aromatic carbocycles. The molecule has 2 aromatic heterocycles. The SMILES string of the molecule is Cc1cccnc1[C@H]1CC(O)C[C@@H](c2ncccc2C)N1CCCCN1C(=O)c2ccccc2C1=O. The van der Waals surface area contributed by atoms with Crippen molar-refractivity contribution in [1.82, 2.24) is 19.8 Å². The zero-order valence-corrected chi connectivity index (χ0v) is 20.8. The van der Waals surface area contributed by atoms with Gasteiger partial charge < -0.3 is 5.11 Å². The third-order valence-corrected chi connectivity index (χ3v) is 7.45. The smallest absolute Gasteiger partial charge is 0.261 e. The van der Waals surface area contributed by atoms with Gasteiger partial charge >= 0.3 is 0 Å². The Labute approximate surface area is 211 Å². The highest BCUT2D eigenvalue weighted by Crippen LogP contribution is 2.42. The van der Waals surface area contributed by atoms with Crippen LogP contribution in [0.2, 0.25) is 0 Å². The third kappa shape index (κ3) is 4.56. The number of aromatic nitrogens is 2. The summed E-state index contributed by atoms with van der Waals surface area (Å²) in [5.41, 5.74) is 5.14. The molecule has 5 rings (SSSR count). The minimum Gasteiger partial charge on any atom is -0.393 e. The van der Waals surface area contributed by atoms with E-state index >= 15 is 0 Å². The van der Waals surface area contributed by atoms with Crippen molar-refractivity contribution in [2.24, 2.45) is 0 Å². The van der Waals surface area contributed by atoms with E-state index in [1.807, 2.05) is 24.5 Å². The second kappa shape index (κ2) is 10.3. The van der Waals surface area contributed by atoms with Gasteiger partial charge in [0.1, 0.15) is 0 Å². The van der Waals surface area contributed by atoms with E-state index in [1.54, 1.807) is 24.3 Å². The van der Waals surface area contributed by atoms with Gasteiger partial charge in [0.25, 0.3) is 11.8 Å². The number of aryl methyl sites for hydroxylation is 2. The molecule has 0 aliphatic carbocycles. The van der Waals surface area contributed by atoms with Gasteiger partial charge in [-0.2, -0.15) is 0 Å². The molecule has 1 unspecified atom stereocenters. The van der Waals surface area contributed by atoms with Crippen molar-refractivity contribution in [2.75, 3.05) is 13.1 Å². The molecule has 2 amide bonds. The van der Waals surface area contributed by atoms with Crippen LogP contribution in [-0.2, 0) is 0 Å². The summed E-state index contributed by atoms with van der Waals surface area (Å²) in [7, 11) is 0. The van der Waals surface area contributed by atoms with Crippen LogP contribution in [-0.4, -0.2) is 55.9 Å². The van der Waals surface area contributed by atoms with Crippen molar-refractivity contribution in [3.63, 3.8) is 0 Å². The molecular weight excluding hydrogens is 452 g/mol. The summed E-state index contributed by atoms with van der Waals surface area (Å²) in [5.74, 6) is -0.415. The molecule has 186 valence electrons. The average Bonchev–Trinajstić information content (AvgIpc) is 3.12. The minimum absolute atomic E-state index is 0.0411. The summed E-state index contributed by atoms with van der Waals surface area (Å²) in [4.78, 5) is 38.7. The normalized spacial score (nSPS) is 22.2. The van der Waals surface area contributed by atoms with Crippen molar-refractivity contribution in [2.45, 2.75) is 57.7 Å². The maximum atomic E-state index is 12.7. The molecule has 0 saturated carbocycles. The van der Waals surface area contributed by atoms with E-state index in [1.165, 1.54) is 4.90 Å². The second-order valence-electron chi connectivity index (χ2n) is 9.82. The molecule has 4 heterocycles. The topological polar surface area (TPSA) is 86.6 Å². The van der Waals surface area contributed by atoms with Crippen LogP contribution < -0.4 is 0 Å². The van der Waals surface area contributed by atoms with E-state index in [2.05, 4.69) is 30.9 Å². The number of fused-ring (bicyclic) bond motifs is 1. The van der Waals surface area contributed by atoms with Gasteiger partial charge in [0.05, 0.1) is 40.7 Å². The van der Waals surface area contributed by atoms with E-state index in [-0.39, 0.29) is 23.9 Å². The number of piperidine rings is 1. The van der Waals surface area contributed by atoms with Gasteiger partial charge in [0.2, 0.25) is 0 Å². The fourth-order valence-corrected chi connectivity index (χ4v) is 5.65. The maximum Gasteiger partial charge on any atom is 0.261 e. The van der Waals surface area contributed by atoms with E-state index in [0.29, 0.717) is 36.9 Å². The van der Waals surface area contributed by atoms with Gasteiger partial charge in [0.15, 0.2) is 0 Å². The van der Waals surface area contributed by atoms with E-state index < -0.39 is 6.10 Å². The molecule has 3 atom stereocenters. The number of rotatable bonds is 7. The number of hydrogen-bond donors (Lipinski definition) is 1. The molecule has 2 aliphatic heterocycles. The fraction of sp³-hybridized carbons (Fsp3) is 0.379. The largest absolute Gasteiger partial charge is 0.393 e. The molecule has 3 aromatic rings. The summed E-state index contributed by atoms with van der Waals surface area (Å²) in [6, 6.07) is 14.9. The Morgan fingerprint density at radius 2 is 1.28 bits per heavy atom. The number of benzene rings is 1. The first-order valence-electron chi connectivity index (χ1n) is 12.7. The van der Waals surface area contributed by atoms with Crippen LogP contribution in [0.1, 0.15) is 81.0 Å². The molecule has 0 spiro atoms. The van der Waals surface area contributed by atoms with Crippen LogP contribution in [0.25, 0.3) is 0 Å². The van der Waals surface area contributed by atoms with Gasteiger partial charge in [-0.05, 0) is 81.5 Å². The van der Waals surface area contributed by atoms with Crippen LogP contribution in [0.15, 0.2) is 60.9 Å². The van der Waals surface area contributed by atoms with Gasteiger partial charge in [0, 0.05) is 18.9 Å². The van der Waals surface area contributed by atoms with Crippen LogP contribution in [0.5, 0.6) is 0 Å². The number of hydrogen-bond acceptors (Lipinski definition) is 6. The summed E-state index contributed by atoms with van der Waals surface area (Å²) in [6.07, 6.45) is 5.89. The monoisotopic (exact) mass is 484 g/mol. The van der Waals surface area contributed by atoms with Crippen molar-refractivity contribution in [3.05, 3.63) is 94.6 Å². The van der Waals surface area contributed by atoms with Gasteiger partial charge in [-0.15, -0.1) is 0 Å². The van der Waals surface area contributed by atoms with Gasteiger partial charge in [-0.1, -0.05) is 24.3 Å². The summed E-state index contributed by atoms with van der Waals surface area (Å²) in [5, 5.41) is 10.9. The molecular formula is C29H32N4O3. The Morgan fingerprint density at radius 1 is 0.778 bits per heavy atom. The quantitative estimate of drug-likeness (QED) is 0.395. The Kier molecular flexibility index (Phi) is 6.94. The number of aliphatic hydroxyl groups is 1. The Bertz CT molecular complexity index is 1190. The van der Waals surface area contributed by atoms with Crippen molar-refractivity contribution >= 4 is 11.8 Å². The van der Waals surface area contributed by atoms with Crippen molar-refractivity contribution < 1.29 is 14.7 Å². The lowest BCUT2D eigenvalue weighted by Crippen LogP contribution is -2.43. The van der Waals surface area contributed by atoms with Crippen molar-refractivity contribution in [3.8, 4) is 0 Å². The summed E-state index contributed by atoms with van der Waals surface area (Å²) in [6.45, 7) is 5.26. The number of likely N-dealkylation sites (tertiary alicyclic amines) is 1. The number of nitrogens with zero attached hydrogens (tertiary/aromatic N) is 4. The zero-order valence-electron chi connectivity index (χ0n) is 20.8. The highest BCUT2D eigenvalue weighted by molar-refractivity contribution is 6.21. The van der Waals surface area contributed by atoms with E-state index in [4.69, 9.17) is 9.97 Å². The first-order valence-corrected chi connectivity index (χ1v) is 12.7. The highest BCUT2D eigenvalue weighted by Gasteiger charge is 2.39. The predicted octanol–water partition coefficient (Wildman–Crippen LogP) is 4.41. The third-order valence-electron chi connectivity index (χ3n) is 7.45. The summed E-state index contributed by atoms with van der Waals surface area (Å²) < 4.78 is 0. The maximum absolute atomic E-state index is 12.7. The predicted molar refractivity (Wildman–Crippen MR) is 136 cm³/mol.